The third-order valence-electron chi connectivity index (χ3n) is 3.31. The summed E-state index contributed by atoms with van der Waals surface area (Å²) in [4.78, 5) is 14.2. The van der Waals surface area contributed by atoms with Gasteiger partial charge in [0.15, 0.2) is 0 Å². The van der Waals surface area contributed by atoms with Crippen LogP contribution in [0.3, 0.4) is 0 Å². The van der Waals surface area contributed by atoms with Crippen LogP contribution in [0.5, 0.6) is 0 Å². The number of nitrogens with one attached hydrogen (secondary N) is 1. The van der Waals surface area contributed by atoms with Gasteiger partial charge in [-0.2, -0.15) is 0 Å². The van der Waals surface area contributed by atoms with Gasteiger partial charge in [0.2, 0.25) is 5.91 Å². The summed E-state index contributed by atoms with van der Waals surface area (Å²) in [7, 11) is 0. The third kappa shape index (κ3) is 4.66. The molecule has 1 rings (SSSR count). The molecule has 0 aromatic heterocycles. The van der Waals surface area contributed by atoms with Crippen molar-refractivity contribution >= 4 is 5.91 Å². The van der Waals surface area contributed by atoms with Gasteiger partial charge in [0.25, 0.3) is 0 Å². The lowest BCUT2D eigenvalue weighted by Crippen LogP contribution is -2.57. The Hall–Kier alpha value is -0.570. The number of rotatable bonds is 4. The molecule has 0 aliphatic carbocycles. The number of hydrogen-bond acceptors (Lipinski definition) is 2. The van der Waals surface area contributed by atoms with Crippen molar-refractivity contribution in [3.05, 3.63) is 0 Å². The summed E-state index contributed by atoms with van der Waals surface area (Å²) in [5.74, 6) is 1.46. The highest BCUT2D eigenvalue weighted by molar-refractivity contribution is 5.76. The average molecular weight is 240 g/mol. The zero-order valence-corrected chi connectivity index (χ0v) is 12.0. The average Bonchev–Trinajstić information content (AvgIpc) is 2.19. The molecule has 0 spiro atoms. The molecule has 1 amide bonds. The Bertz CT molecular complexity index is 251. The Kier molecular flexibility index (Phi) is 5.44. The van der Waals surface area contributed by atoms with Gasteiger partial charge in [-0.1, -0.05) is 27.7 Å². The predicted octanol–water partition coefficient (Wildman–Crippen LogP) is 2.27. The number of hydrogen-bond donors (Lipinski definition) is 1. The smallest absolute Gasteiger partial charge is 0.223 e. The Morgan fingerprint density at radius 1 is 1.29 bits per heavy atom. The van der Waals surface area contributed by atoms with Crippen LogP contribution in [0.25, 0.3) is 0 Å². The molecule has 0 saturated carbocycles. The molecule has 1 aliphatic heterocycles. The van der Waals surface area contributed by atoms with Crippen molar-refractivity contribution in [1.29, 1.82) is 0 Å². The van der Waals surface area contributed by atoms with Crippen molar-refractivity contribution in [3.8, 4) is 0 Å². The third-order valence-corrected chi connectivity index (χ3v) is 3.31. The molecule has 3 nitrogen and oxygen atoms in total. The molecule has 1 saturated heterocycles. The van der Waals surface area contributed by atoms with E-state index in [4.69, 9.17) is 0 Å². The molecule has 17 heavy (non-hydrogen) atoms. The normalized spacial score (nSPS) is 25.7. The number of amides is 1. The van der Waals surface area contributed by atoms with Crippen LogP contribution in [0.1, 0.15) is 47.5 Å². The van der Waals surface area contributed by atoms with E-state index in [1.54, 1.807) is 0 Å². The van der Waals surface area contributed by atoms with Crippen LogP contribution in [0.15, 0.2) is 0 Å². The summed E-state index contributed by atoms with van der Waals surface area (Å²) in [6, 6.07) is 0.812. The fraction of sp³-hybridized carbons (Fsp3) is 0.929. The molecule has 1 fully saturated rings. The van der Waals surface area contributed by atoms with E-state index in [-0.39, 0.29) is 0 Å². The van der Waals surface area contributed by atoms with E-state index in [1.165, 1.54) is 0 Å². The highest BCUT2D eigenvalue weighted by atomic mass is 16.2. The Morgan fingerprint density at radius 2 is 1.94 bits per heavy atom. The zero-order chi connectivity index (χ0) is 13.0. The van der Waals surface area contributed by atoms with Crippen molar-refractivity contribution in [2.45, 2.75) is 59.5 Å². The number of carbonyl (C=O) groups is 1. The van der Waals surface area contributed by atoms with Gasteiger partial charge in [0.1, 0.15) is 0 Å². The Labute approximate surface area is 106 Å². The first kappa shape index (κ1) is 14.5. The SMILES string of the molecule is CC(C)CC(=O)N1CC(CC(C)C)NCC1C. The minimum atomic E-state index is 0.322. The van der Waals surface area contributed by atoms with Gasteiger partial charge in [0.05, 0.1) is 0 Å². The van der Waals surface area contributed by atoms with Gasteiger partial charge < -0.3 is 10.2 Å². The van der Waals surface area contributed by atoms with Gasteiger partial charge in [-0.05, 0) is 25.2 Å². The van der Waals surface area contributed by atoms with E-state index in [9.17, 15) is 4.79 Å². The van der Waals surface area contributed by atoms with Crippen molar-refractivity contribution in [2.75, 3.05) is 13.1 Å². The molecule has 0 radical (unpaired) electrons. The first-order valence-corrected chi connectivity index (χ1v) is 6.93. The standard InChI is InChI=1S/C14H28N2O/c1-10(2)6-13-9-16(12(5)8-15-13)14(17)7-11(3)4/h10-13,15H,6-9H2,1-5H3. The summed E-state index contributed by atoms with van der Waals surface area (Å²) in [6.07, 6.45) is 1.83. The first-order valence-electron chi connectivity index (χ1n) is 6.93. The molecule has 1 heterocycles. The maximum atomic E-state index is 12.1. The Morgan fingerprint density at radius 3 is 2.47 bits per heavy atom. The molecular weight excluding hydrogens is 212 g/mol. The molecule has 1 aliphatic rings. The second-order valence-electron chi connectivity index (χ2n) is 6.23. The molecule has 2 unspecified atom stereocenters. The maximum Gasteiger partial charge on any atom is 0.223 e. The van der Waals surface area contributed by atoms with Crippen molar-refractivity contribution in [1.82, 2.24) is 10.2 Å². The molecule has 0 bridgehead atoms. The predicted molar refractivity (Wildman–Crippen MR) is 71.9 cm³/mol. The maximum absolute atomic E-state index is 12.1. The highest BCUT2D eigenvalue weighted by Crippen LogP contribution is 2.15. The summed E-state index contributed by atoms with van der Waals surface area (Å²) in [5, 5.41) is 3.54. The van der Waals surface area contributed by atoms with Crippen LogP contribution in [-0.2, 0) is 4.79 Å². The largest absolute Gasteiger partial charge is 0.337 e. The van der Waals surface area contributed by atoms with Crippen LogP contribution in [0.4, 0.5) is 0 Å². The van der Waals surface area contributed by atoms with E-state index in [2.05, 4.69) is 44.8 Å². The summed E-state index contributed by atoms with van der Waals surface area (Å²) in [6.45, 7) is 12.6. The molecule has 100 valence electrons. The van der Waals surface area contributed by atoms with Crippen molar-refractivity contribution in [2.24, 2.45) is 11.8 Å². The van der Waals surface area contributed by atoms with E-state index >= 15 is 0 Å². The second-order valence-corrected chi connectivity index (χ2v) is 6.23. The van der Waals surface area contributed by atoms with Crippen LogP contribution in [-0.4, -0.2) is 36.0 Å². The second kappa shape index (κ2) is 6.39. The van der Waals surface area contributed by atoms with Gasteiger partial charge in [-0.15, -0.1) is 0 Å². The number of piperazine rings is 1. The molecule has 0 aromatic carbocycles. The lowest BCUT2D eigenvalue weighted by atomic mass is 9.99. The van der Waals surface area contributed by atoms with Crippen LogP contribution < -0.4 is 5.32 Å². The van der Waals surface area contributed by atoms with Crippen LogP contribution in [0.2, 0.25) is 0 Å². The minimum absolute atomic E-state index is 0.322. The van der Waals surface area contributed by atoms with Gasteiger partial charge >= 0.3 is 0 Å². The van der Waals surface area contributed by atoms with Crippen LogP contribution in [0, 0.1) is 11.8 Å². The number of nitrogens with zero attached hydrogens (tertiary/aromatic N) is 1. The minimum Gasteiger partial charge on any atom is -0.337 e. The topological polar surface area (TPSA) is 32.3 Å². The molecule has 2 atom stereocenters. The van der Waals surface area contributed by atoms with E-state index in [1.807, 2.05) is 0 Å². The number of carbonyl (C=O) groups excluding carboxylic acids is 1. The molecule has 3 heteroatoms. The first-order chi connectivity index (χ1) is 7.90. The van der Waals surface area contributed by atoms with Gasteiger partial charge in [-0.3, -0.25) is 4.79 Å². The van der Waals surface area contributed by atoms with Gasteiger partial charge in [-0.25, -0.2) is 0 Å². The summed E-state index contributed by atoms with van der Waals surface area (Å²) < 4.78 is 0. The molecular formula is C14H28N2O. The van der Waals surface area contributed by atoms with Crippen molar-refractivity contribution in [3.63, 3.8) is 0 Å². The van der Waals surface area contributed by atoms with E-state index in [0.717, 1.165) is 19.5 Å². The summed E-state index contributed by atoms with van der Waals surface area (Å²) >= 11 is 0. The van der Waals surface area contributed by atoms with E-state index < -0.39 is 0 Å². The van der Waals surface area contributed by atoms with Gasteiger partial charge in [0, 0.05) is 31.6 Å². The Balaban J connectivity index is 2.53. The van der Waals surface area contributed by atoms with Crippen molar-refractivity contribution < 1.29 is 4.79 Å². The molecule has 0 aromatic rings. The fourth-order valence-corrected chi connectivity index (χ4v) is 2.47. The summed E-state index contributed by atoms with van der Waals surface area (Å²) in [5.41, 5.74) is 0. The lowest BCUT2D eigenvalue weighted by Gasteiger charge is -2.39. The lowest BCUT2D eigenvalue weighted by molar-refractivity contribution is -0.135. The van der Waals surface area contributed by atoms with E-state index in [0.29, 0.717) is 36.2 Å². The van der Waals surface area contributed by atoms with Crippen LogP contribution >= 0.6 is 0 Å². The fourth-order valence-electron chi connectivity index (χ4n) is 2.47. The monoisotopic (exact) mass is 240 g/mol. The zero-order valence-electron chi connectivity index (χ0n) is 12.0. The molecule has 1 N–H and O–H groups in total. The highest BCUT2D eigenvalue weighted by Gasteiger charge is 2.28. The quantitative estimate of drug-likeness (QED) is 0.817.